The molecule has 1 N–H and O–H groups in total. The number of nitrogens with one attached hydrogen (secondary N) is 1. The van der Waals surface area contributed by atoms with Crippen LogP contribution in [0.25, 0.3) is 10.6 Å². The van der Waals surface area contributed by atoms with Crippen LogP contribution in [0.3, 0.4) is 0 Å². The molecule has 98 valence electrons. The monoisotopic (exact) mass is 265 g/mol. The van der Waals surface area contributed by atoms with E-state index in [1.807, 2.05) is 19.9 Å². The number of hydrogen-bond donors (Lipinski definition) is 1. The van der Waals surface area contributed by atoms with Crippen molar-refractivity contribution in [1.29, 1.82) is 0 Å². The van der Waals surface area contributed by atoms with Crippen molar-refractivity contribution in [2.75, 3.05) is 6.54 Å². The molecular weight excluding hydrogens is 246 g/mol. The molecule has 0 aromatic carbocycles. The second-order valence-corrected chi connectivity index (χ2v) is 5.75. The van der Waals surface area contributed by atoms with Gasteiger partial charge < -0.3 is 9.73 Å². The zero-order valence-corrected chi connectivity index (χ0v) is 12.1. The Hall–Kier alpha value is -1.20. The largest absolute Gasteiger partial charge is 0.466 e. The molecule has 2 rings (SSSR count). The van der Waals surface area contributed by atoms with Crippen LogP contribution >= 0.6 is 11.3 Å². The minimum atomic E-state index is 0.510. The first-order valence-corrected chi connectivity index (χ1v) is 7.01. The van der Waals surface area contributed by atoms with Crippen LogP contribution in [0.5, 0.6) is 0 Å². The Kier molecular flexibility index (Phi) is 4.14. The predicted molar refractivity (Wildman–Crippen MR) is 73.9 cm³/mol. The first-order valence-electron chi connectivity index (χ1n) is 6.19. The van der Waals surface area contributed by atoms with E-state index in [0.29, 0.717) is 6.04 Å². The highest BCUT2D eigenvalue weighted by molar-refractivity contribution is 7.14. The van der Waals surface area contributed by atoms with Crippen LogP contribution in [0.2, 0.25) is 0 Å². The van der Waals surface area contributed by atoms with Crippen LogP contribution in [0.4, 0.5) is 0 Å². The zero-order chi connectivity index (χ0) is 13.1. The third-order valence-electron chi connectivity index (χ3n) is 2.63. The number of nitrogens with zero attached hydrogens (tertiary/aromatic N) is 2. The molecule has 0 atom stereocenters. The molecule has 2 aromatic rings. The van der Waals surface area contributed by atoms with Crippen molar-refractivity contribution in [1.82, 2.24) is 15.5 Å². The van der Waals surface area contributed by atoms with Gasteiger partial charge >= 0.3 is 0 Å². The quantitative estimate of drug-likeness (QED) is 0.903. The Bertz CT molecular complexity index is 516. The van der Waals surface area contributed by atoms with Gasteiger partial charge in [0.25, 0.3) is 0 Å². The molecule has 0 unspecified atom stereocenters. The molecule has 0 radical (unpaired) electrons. The Morgan fingerprint density at radius 2 is 2.11 bits per heavy atom. The van der Waals surface area contributed by atoms with E-state index in [1.54, 1.807) is 11.3 Å². The highest BCUT2D eigenvalue weighted by atomic mass is 32.1. The van der Waals surface area contributed by atoms with Gasteiger partial charge in [-0.3, -0.25) is 0 Å². The molecule has 2 aromatic heterocycles. The average Bonchev–Trinajstić information content (AvgIpc) is 2.85. The van der Waals surface area contributed by atoms with Crippen molar-refractivity contribution in [3.63, 3.8) is 0 Å². The molecule has 0 bridgehead atoms. The summed E-state index contributed by atoms with van der Waals surface area (Å²) in [5.74, 6) is 1.83. The number of aromatic nitrogens is 2. The van der Waals surface area contributed by atoms with Crippen molar-refractivity contribution in [3.05, 3.63) is 22.6 Å². The van der Waals surface area contributed by atoms with Crippen LogP contribution in [0.1, 0.15) is 30.4 Å². The number of rotatable bonds is 5. The lowest BCUT2D eigenvalue weighted by atomic mass is 10.2. The third-order valence-corrected chi connectivity index (χ3v) is 3.65. The van der Waals surface area contributed by atoms with E-state index in [4.69, 9.17) is 4.42 Å². The maximum atomic E-state index is 5.52. The molecule has 18 heavy (non-hydrogen) atoms. The van der Waals surface area contributed by atoms with Crippen molar-refractivity contribution in [2.24, 2.45) is 0 Å². The highest BCUT2D eigenvalue weighted by Crippen LogP contribution is 2.29. The lowest BCUT2D eigenvalue weighted by Crippen LogP contribution is -2.24. The predicted octanol–water partition coefficient (Wildman–Crippen LogP) is 2.96. The molecule has 0 aliphatic heterocycles. The van der Waals surface area contributed by atoms with E-state index in [-0.39, 0.29) is 0 Å². The molecule has 0 fully saturated rings. The van der Waals surface area contributed by atoms with Crippen molar-refractivity contribution >= 4 is 11.3 Å². The van der Waals surface area contributed by atoms with E-state index >= 15 is 0 Å². The van der Waals surface area contributed by atoms with Gasteiger partial charge in [0.05, 0.1) is 5.56 Å². The van der Waals surface area contributed by atoms with Crippen molar-refractivity contribution in [2.45, 2.75) is 40.2 Å². The number of hydrogen-bond acceptors (Lipinski definition) is 5. The maximum Gasteiger partial charge on any atom is 0.151 e. The van der Waals surface area contributed by atoms with Gasteiger partial charge in [-0.1, -0.05) is 25.2 Å². The number of aryl methyl sites for hydroxylation is 2. The Morgan fingerprint density at radius 1 is 1.33 bits per heavy atom. The van der Waals surface area contributed by atoms with E-state index < -0.39 is 0 Å². The third kappa shape index (κ3) is 3.17. The fraction of sp³-hybridized carbons (Fsp3) is 0.538. The first kappa shape index (κ1) is 13.2. The standard InChI is InChI=1S/C13H19N3OS/c1-8(2)14-6-5-12-15-16-13(18-12)11-7-9(3)17-10(11)4/h7-8,14H,5-6H2,1-4H3. The molecule has 4 nitrogen and oxygen atoms in total. The van der Waals surface area contributed by atoms with Crippen LogP contribution in [-0.2, 0) is 6.42 Å². The smallest absolute Gasteiger partial charge is 0.151 e. The van der Waals surface area contributed by atoms with Crippen LogP contribution in [-0.4, -0.2) is 22.8 Å². The summed E-state index contributed by atoms with van der Waals surface area (Å²) >= 11 is 1.64. The van der Waals surface area contributed by atoms with Crippen LogP contribution in [0, 0.1) is 13.8 Å². The molecular formula is C13H19N3OS. The minimum Gasteiger partial charge on any atom is -0.466 e. The van der Waals surface area contributed by atoms with Gasteiger partial charge in [0, 0.05) is 19.0 Å². The average molecular weight is 265 g/mol. The summed E-state index contributed by atoms with van der Waals surface area (Å²) < 4.78 is 5.52. The maximum absolute atomic E-state index is 5.52. The Morgan fingerprint density at radius 3 is 2.72 bits per heavy atom. The Labute approximate surface area is 111 Å². The lowest BCUT2D eigenvalue weighted by molar-refractivity contribution is 0.505. The second-order valence-electron chi connectivity index (χ2n) is 4.69. The van der Waals surface area contributed by atoms with Crippen LogP contribution in [0.15, 0.2) is 10.5 Å². The van der Waals surface area contributed by atoms with E-state index in [1.165, 1.54) is 0 Å². The van der Waals surface area contributed by atoms with Crippen molar-refractivity contribution < 1.29 is 4.42 Å². The van der Waals surface area contributed by atoms with Gasteiger partial charge in [-0.2, -0.15) is 0 Å². The van der Waals surface area contributed by atoms with Crippen molar-refractivity contribution in [3.8, 4) is 10.6 Å². The molecule has 2 heterocycles. The SMILES string of the molecule is Cc1cc(-c2nnc(CCNC(C)C)s2)c(C)o1. The summed E-state index contributed by atoms with van der Waals surface area (Å²) in [5.41, 5.74) is 1.06. The second kappa shape index (κ2) is 5.63. The van der Waals surface area contributed by atoms with E-state index in [9.17, 15) is 0 Å². The molecule has 0 aliphatic carbocycles. The molecule has 0 saturated carbocycles. The normalized spacial score (nSPS) is 11.4. The van der Waals surface area contributed by atoms with Gasteiger partial charge in [-0.05, 0) is 19.9 Å². The zero-order valence-electron chi connectivity index (χ0n) is 11.3. The molecule has 0 spiro atoms. The molecule has 0 amide bonds. The first-order chi connectivity index (χ1) is 8.56. The van der Waals surface area contributed by atoms with Gasteiger partial charge in [0.2, 0.25) is 0 Å². The number of furan rings is 1. The Balaban J connectivity index is 2.04. The van der Waals surface area contributed by atoms with Gasteiger partial charge in [0.15, 0.2) is 5.01 Å². The lowest BCUT2D eigenvalue weighted by Gasteiger charge is -2.04. The topological polar surface area (TPSA) is 51.0 Å². The molecule has 5 heteroatoms. The summed E-state index contributed by atoms with van der Waals surface area (Å²) in [6.07, 6.45) is 0.922. The van der Waals surface area contributed by atoms with Gasteiger partial charge in [0.1, 0.15) is 16.5 Å². The summed E-state index contributed by atoms with van der Waals surface area (Å²) in [5, 5.41) is 13.9. The minimum absolute atomic E-state index is 0.510. The molecule has 0 aliphatic rings. The summed E-state index contributed by atoms with van der Waals surface area (Å²) in [7, 11) is 0. The summed E-state index contributed by atoms with van der Waals surface area (Å²) in [4.78, 5) is 0. The highest BCUT2D eigenvalue weighted by Gasteiger charge is 2.12. The van der Waals surface area contributed by atoms with E-state index in [2.05, 4.69) is 29.4 Å². The fourth-order valence-corrected chi connectivity index (χ4v) is 2.68. The fourth-order valence-electron chi connectivity index (χ4n) is 1.77. The van der Waals surface area contributed by atoms with Gasteiger partial charge in [-0.25, -0.2) is 0 Å². The van der Waals surface area contributed by atoms with Gasteiger partial charge in [-0.15, -0.1) is 10.2 Å². The van der Waals surface area contributed by atoms with E-state index in [0.717, 1.165) is 40.1 Å². The summed E-state index contributed by atoms with van der Waals surface area (Å²) in [6, 6.07) is 2.53. The van der Waals surface area contributed by atoms with Crippen LogP contribution < -0.4 is 5.32 Å². The molecule has 0 saturated heterocycles. The summed E-state index contributed by atoms with van der Waals surface area (Å²) in [6.45, 7) is 9.14.